The minimum Gasteiger partial charge on any atom is -0.332 e. The normalized spacial score (nSPS) is 22.5. The van der Waals surface area contributed by atoms with Gasteiger partial charge in [0.25, 0.3) is 0 Å². The topological polar surface area (TPSA) is 130 Å². The summed E-state index contributed by atoms with van der Waals surface area (Å²) in [5, 5.41) is 0. The van der Waals surface area contributed by atoms with Crippen LogP contribution in [0, 0.1) is 0 Å². The fourth-order valence-electron chi connectivity index (χ4n) is 1.67. The molecule has 0 spiro atoms. The van der Waals surface area contributed by atoms with Gasteiger partial charge >= 0.3 is 7.82 Å². The highest BCUT2D eigenvalue weighted by molar-refractivity contribution is 7.46. The molecule has 9 heteroatoms. The maximum Gasteiger partial charge on any atom is 0.469 e. The standard InChI is InChI=1S/C8H15N2O6P/c9-7(5-16-17(13,14)15)8(12)10-3-1-2-6(10)4-11/h4,6-7H,1-3,5,9H2,(H2,13,14,15)/t6-,7-/m0/s1. The largest absolute Gasteiger partial charge is 0.469 e. The Kier molecular flexibility index (Phi) is 4.79. The van der Waals surface area contributed by atoms with Crippen molar-refractivity contribution in [2.75, 3.05) is 13.2 Å². The summed E-state index contributed by atoms with van der Waals surface area (Å²) in [6, 6.07) is -1.67. The van der Waals surface area contributed by atoms with Crippen LogP contribution < -0.4 is 5.73 Å². The first kappa shape index (κ1) is 14.3. The van der Waals surface area contributed by atoms with E-state index in [-0.39, 0.29) is 0 Å². The summed E-state index contributed by atoms with van der Waals surface area (Å²) in [6.45, 7) is -0.156. The molecule has 1 aliphatic heterocycles. The smallest absolute Gasteiger partial charge is 0.332 e. The number of phosphoric acid groups is 1. The van der Waals surface area contributed by atoms with Gasteiger partial charge in [0, 0.05) is 6.54 Å². The van der Waals surface area contributed by atoms with Crippen LogP contribution in [-0.2, 0) is 18.7 Å². The van der Waals surface area contributed by atoms with Gasteiger partial charge in [-0.3, -0.25) is 9.32 Å². The molecule has 8 nitrogen and oxygen atoms in total. The lowest BCUT2D eigenvalue weighted by Gasteiger charge is -2.23. The zero-order valence-electron chi connectivity index (χ0n) is 9.06. The number of rotatable bonds is 5. The number of carbonyl (C=O) groups excluding carboxylic acids is 2. The predicted molar refractivity (Wildman–Crippen MR) is 56.8 cm³/mol. The lowest BCUT2D eigenvalue weighted by molar-refractivity contribution is -0.136. The van der Waals surface area contributed by atoms with Crippen molar-refractivity contribution in [2.24, 2.45) is 5.73 Å². The molecular formula is C8H15N2O6P. The van der Waals surface area contributed by atoms with E-state index in [0.29, 0.717) is 25.7 Å². The molecule has 0 unspecified atom stereocenters. The number of likely N-dealkylation sites (tertiary alicyclic amines) is 1. The molecule has 0 radical (unpaired) electrons. The Bertz CT molecular complexity index is 343. The quantitative estimate of drug-likeness (QED) is 0.412. The van der Waals surface area contributed by atoms with Crippen LogP contribution in [0.1, 0.15) is 12.8 Å². The molecule has 0 bridgehead atoms. The van der Waals surface area contributed by atoms with Gasteiger partial charge in [-0.2, -0.15) is 0 Å². The molecule has 1 heterocycles. The Balaban J connectivity index is 2.51. The minimum atomic E-state index is -4.63. The van der Waals surface area contributed by atoms with Gasteiger partial charge < -0.3 is 25.2 Å². The van der Waals surface area contributed by atoms with Gasteiger partial charge in [-0.05, 0) is 12.8 Å². The van der Waals surface area contributed by atoms with Gasteiger partial charge in [-0.1, -0.05) is 0 Å². The molecule has 1 saturated heterocycles. The van der Waals surface area contributed by atoms with Crippen molar-refractivity contribution in [3.8, 4) is 0 Å². The molecule has 0 aromatic carbocycles. The van der Waals surface area contributed by atoms with Crippen molar-refractivity contribution in [1.29, 1.82) is 0 Å². The molecule has 98 valence electrons. The summed E-state index contributed by atoms with van der Waals surface area (Å²) in [5.74, 6) is -0.534. The Morgan fingerprint density at radius 2 is 2.29 bits per heavy atom. The monoisotopic (exact) mass is 266 g/mol. The molecular weight excluding hydrogens is 251 g/mol. The number of amides is 1. The maximum atomic E-state index is 11.7. The second-order valence-corrected chi connectivity index (χ2v) is 5.01. The van der Waals surface area contributed by atoms with Crippen LogP contribution in [0.5, 0.6) is 0 Å². The van der Waals surface area contributed by atoms with Crippen LogP contribution in [0.4, 0.5) is 0 Å². The van der Waals surface area contributed by atoms with Gasteiger partial charge in [0.2, 0.25) is 5.91 Å². The van der Waals surface area contributed by atoms with Crippen LogP contribution in [0.3, 0.4) is 0 Å². The van der Waals surface area contributed by atoms with Crippen molar-refractivity contribution < 1.29 is 28.5 Å². The van der Waals surface area contributed by atoms with Crippen molar-refractivity contribution >= 4 is 20.0 Å². The van der Waals surface area contributed by atoms with Gasteiger partial charge in [-0.15, -0.1) is 0 Å². The third kappa shape index (κ3) is 4.18. The average molecular weight is 266 g/mol. The molecule has 0 aromatic rings. The molecule has 4 N–H and O–H groups in total. The van der Waals surface area contributed by atoms with Crippen LogP contribution in [0.25, 0.3) is 0 Å². The molecule has 1 fully saturated rings. The summed E-state index contributed by atoms with van der Waals surface area (Å²) < 4.78 is 14.6. The van der Waals surface area contributed by atoms with Crippen LogP contribution >= 0.6 is 7.82 Å². The van der Waals surface area contributed by atoms with E-state index in [0.717, 1.165) is 0 Å². The summed E-state index contributed by atoms with van der Waals surface area (Å²) >= 11 is 0. The van der Waals surface area contributed by atoms with Crippen molar-refractivity contribution in [1.82, 2.24) is 4.90 Å². The summed E-state index contributed by atoms with van der Waals surface area (Å²) in [4.78, 5) is 40.6. The fraction of sp³-hybridized carbons (Fsp3) is 0.750. The number of aldehydes is 1. The molecule has 0 aromatic heterocycles. The lowest BCUT2D eigenvalue weighted by Crippen LogP contribution is -2.48. The predicted octanol–water partition coefficient (Wildman–Crippen LogP) is -1.39. The summed E-state index contributed by atoms with van der Waals surface area (Å²) in [7, 11) is -4.63. The van der Waals surface area contributed by atoms with E-state index >= 15 is 0 Å². The highest BCUT2D eigenvalue weighted by Gasteiger charge is 2.32. The second-order valence-electron chi connectivity index (χ2n) is 3.77. The number of hydrogen-bond acceptors (Lipinski definition) is 5. The first-order valence-electron chi connectivity index (χ1n) is 5.06. The van der Waals surface area contributed by atoms with Crippen molar-refractivity contribution in [2.45, 2.75) is 24.9 Å². The molecule has 1 rings (SSSR count). The maximum absolute atomic E-state index is 11.7. The molecule has 0 aliphatic carbocycles. The van der Waals surface area contributed by atoms with Gasteiger partial charge in [0.05, 0.1) is 12.6 Å². The number of carbonyl (C=O) groups is 2. The van der Waals surface area contributed by atoms with E-state index in [4.69, 9.17) is 15.5 Å². The first-order valence-corrected chi connectivity index (χ1v) is 6.59. The molecule has 1 aliphatic rings. The van der Waals surface area contributed by atoms with E-state index in [2.05, 4.69) is 4.52 Å². The van der Waals surface area contributed by atoms with E-state index < -0.39 is 32.4 Å². The Morgan fingerprint density at radius 1 is 1.65 bits per heavy atom. The van der Waals surface area contributed by atoms with Crippen LogP contribution in [0.2, 0.25) is 0 Å². The van der Waals surface area contributed by atoms with Crippen LogP contribution in [-0.4, -0.2) is 52.1 Å². The Hall–Kier alpha value is -0.790. The highest BCUT2D eigenvalue weighted by atomic mass is 31.2. The van der Waals surface area contributed by atoms with E-state index in [1.165, 1.54) is 4.90 Å². The zero-order valence-corrected chi connectivity index (χ0v) is 9.95. The Morgan fingerprint density at radius 3 is 2.82 bits per heavy atom. The third-order valence-corrected chi connectivity index (χ3v) is 2.96. The Labute approximate surface area is 98.0 Å². The number of nitrogens with zero attached hydrogens (tertiary/aromatic N) is 1. The molecule has 1 amide bonds. The highest BCUT2D eigenvalue weighted by Crippen LogP contribution is 2.35. The van der Waals surface area contributed by atoms with Gasteiger partial charge in [0.1, 0.15) is 12.3 Å². The summed E-state index contributed by atoms with van der Waals surface area (Å²) in [5.41, 5.74) is 5.45. The van der Waals surface area contributed by atoms with E-state index in [1.54, 1.807) is 0 Å². The van der Waals surface area contributed by atoms with Crippen molar-refractivity contribution in [3.63, 3.8) is 0 Å². The SMILES string of the molecule is N[C@@H](COP(=O)(O)O)C(=O)N1CCC[C@H]1C=O. The molecule has 17 heavy (non-hydrogen) atoms. The van der Waals surface area contributed by atoms with Gasteiger partial charge in [-0.25, -0.2) is 4.57 Å². The second kappa shape index (κ2) is 5.70. The van der Waals surface area contributed by atoms with Gasteiger partial charge in [0.15, 0.2) is 0 Å². The van der Waals surface area contributed by atoms with Crippen LogP contribution in [0.15, 0.2) is 0 Å². The fourth-order valence-corrected chi connectivity index (χ4v) is 2.02. The number of hydrogen-bond donors (Lipinski definition) is 3. The zero-order chi connectivity index (χ0) is 13.1. The summed E-state index contributed by atoms with van der Waals surface area (Å²) in [6.07, 6.45) is 1.96. The number of nitrogens with two attached hydrogens (primary N) is 1. The average Bonchev–Trinajstić information content (AvgIpc) is 2.71. The lowest BCUT2D eigenvalue weighted by atomic mass is 10.2. The first-order chi connectivity index (χ1) is 7.85. The van der Waals surface area contributed by atoms with Crippen molar-refractivity contribution in [3.05, 3.63) is 0 Å². The number of phosphoric ester groups is 1. The molecule has 2 atom stereocenters. The molecule has 0 saturated carbocycles. The van der Waals surface area contributed by atoms with E-state index in [1.807, 2.05) is 0 Å². The minimum absolute atomic E-state index is 0.422. The third-order valence-electron chi connectivity index (χ3n) is 2.48. The van der Waals surface area contributed by atoms with E-state index in [9.17, 15) is 14.2 Å².